The van der Waals surface area contributed by atoms with Crippen molar-refractivity contribution in [2.75, 3.05) is 7.05 Å². The van der Waals surface area contributed by atoms with Crippen LogP contribution in [0.15, 0.2) is 18.2 Å². The van der Waals surface area contributed by atoms with Crippen molar-refractivity contribution in [2.45, 2.75) is 44.3 Å². The molecule has 1 saturated carbocycles. The molecule has 2 rings (SSSR count). The first kappa shape index (κ1) is 13.4. The summed E-state index contributed by atoms with van der Waals surface area (Å²) in [5, 5.41) is 0. The molecule has 1 aromatic carbocycles. The van der Waals surface area contributed by atoms with Gasteiger partial charge in [0.25, 0.3) is 0 Å². The van der Waals surface area contributed by atoms with Crippen LogP contribution in [0.1, 0.15) is 31.2 Å². The van der Waals surface area contributed by atoms with E-state index in [4.69, 9.17) is 5.73 Å². The van der Waals surface area contributed by atoms with Crippen molar-refractivity contribution in [1.29, 1.82) is 0 Å². The number of halogens is 2. The van der Waals surface area contributed by atoms with Crippen LogP contribution in [0.4, 0.5) is 8.78 Å². The summed E-state index contributed by atoms with van der Waals surface area (Å²) in [6, 6.07) is 5.08. The number of hydrogen-bond acceptors (Lipinski definition) is 2. The van der Waals surface area contributed by atoms with Crippen LogP contribution in [-0.4, -0.2) is 24.0 Å². The summed E-state index contributed by atoms with van der Waals surface area (Å²) in [6.45, 7) is 0.448. The van der Waals surface area contributed by atoms with Crippen molar-refractivity contribution in [3.63, 3.8) is 0 Å². The van der Waals surface area contributed by atoms with Crippen LogP contribution < -0.4 is 5.73 Å². The van der Waals surface area contributed by atoms with E-state index in [0.29, 0.717) is 24.2 Å². The predicted molar refractivity (Wildman–Crippen MR) is 68.1 cm³/mol. The summed E-state index contributed by atoms with van der Waals surface area (Å²) in [4.78, 5) is 2.10. The van der Waals surface area contributed by atoms with E-state index in [2.05, 4.69) is 4.90 Å². The van der Waals surface area contributed by atoms with E-state index in [-0.39, 0.29) is 0 Å². The maximum atomic E-state index is 13.6. The third-order valence-corrected chi connectivity index (χ3v) is 3.82. The minimum absolute atomic E-state index is 0.306. The Morgan fingerprint density at radius 2 is 1.89 bits per heavy atom. The van der Waals surface area contributed by atoms with Gasteiger partial charge in [0.2, 0.25) is 0 Å². The molecule has 0 heterocycles. The molecule has 2 N–H and O–H groups in total. The zero-order chi connectivity index (χ0) is 13.1. The highest BCUT2D eigenvalue weighted by atomic mass is 19.2. The van der Waals surface area contributed by atoms with Crippen LogP contribution in [0.2, 0.25) is 0 Å². The van der Waals surface area contributed by atoms with E-state index in [0.717, 1.165) is 31.7 Å². The number of nitrogens with zero attached hydrogens (tertiary/aromatic N) is 1. The molecule has 0 unspecified atom stereocenters. The van der Waals surface area contributed by atoms with Crippen molar-refractivity contribution in [1.82, 2.24) is 4.90 Å². The Kier molecular flexibility index (Phi) is 4.30. The molecule has 0 saturated heterocycles. The first-order valence-electron chi connectivity index (χ1n) is 6.46. The highest BCUT2D eigenvalue weighted by Gasteiger charge is 2.22. The molecule has 18 heavy (non-hydrogen) atoms. The highest BCUT2D eigenvalue weighted by Crippen LogP contribution is 2.23. The van der Waals surface area contributed by atoms with Gasteiger partial charge >= 0.3 is 0 Å². The maximum Gasteiger partial charge on any atom is 0.163 e. The third-order valence-electron chi connectivity index (χ3n) is 3.82. The van der Waals surface area contributed by atoms with E-state index < -0.39 is 11.6 Å². The quantitative estimate of drug-likeness (QED) is 0.898. The molecular weight excluding hydrogens is 234 g/mol. The molecule has 0 radical (unpaired) electrons. The topological polar surface area (TPSA) is 29.3 Å². The van der Waals surface area contributed by atoms with Gasteiger partial charge in [-0.3, -0.25) is 4.90 Å². The molecular formula is C14H20F2N2. The Morgan fingerprint density at radius 3 is 2.56 bits per heavy atom. The minimum atomic E-state index is -0.772. The van der Waals surface area contributed by atoms with Gasteiger partial charge in [0.15, 0.2) is 11.6 Å². The molecule has 2 nitrogen and oxygen atoms in total. The monoisotopic (exact) mass is 254 g/mol. The van der Waals surface area contributed by atoms with Crippen LogP contribution in [0.5, 0.6) is 0 Å². The van der Waals surface area contributed by atoms with Crippen LogP contribution >= 0.6 is 0 Å². The summed E-state index contributed by atoms with van der Waals surface area (Å²) in [6.07, 6.45) is 4.10. The summed E-state index contributed by atoms with van der Waals surface area (Å²) in [5.41, 5.74) is 6.29. The number of benzene rings is 1. The Morgan fingerprint density at radius 1 is 1.22 bits per heavy atom. The van der Waals surface area contributed by atoms with Gasteiger partial charge in [0.1, 0.15) is 0 Å². The van der Waals surface area contributed by atoms with Crippen LogP contribution in [0.3, 0.4) is 0 Å². The van der Waals surface area contributed by atoms with Crippen LogP contribution in [0.25, 0.3) is 0 Å². The fourth-order valence-corrected chi connectivity index (χ4v) is 2.61. The number of rotatable bonds is 3. The van der Waals surface area contributed by atoms with E-state index in [9.17, 15) is 8.78 Å². The van der Waals surface area contributed by atoms with E-state index in [1.54, 1.807) is 12.1 Å². The van der Waals surface area contributed by atoms with Crippen LogP contribution in [-0.2, 0) is 6.54 Å². The van der Waals surface area contributed by atoms with E-state index >= 15 is 0 Å². The van der Waals surface area contributed by atoms with Gasteiger partial charge in [0.05, 0.1) is 0 Å². The average molecular weight is 254 g/mol. The minimum Gasteiger partial charge on any atom is -0.328 e. The fourth-order valence-electron chi connectivity index (χ4n) is 2.61. The lowest BCUT2D eigenvalue weighted by Crippen LogP contribution is -2.38. The Labute approximate surface area is 107 Å². The zero-order valence-corrected chi connectivity index (χ0v) is 10.7. The number of hydrogen-bond donors (Lipinski definition) is 1. The van der Waals surface area contributed by atoms with Gasteiger partial charge in [-0.2, -0.15) is 0 Å². The van der Waals surface area contributed by atoms with Crippen molar-refractivity contribution >= 4 is 0 Å². The molecule has 0 amide bonds. The van der Waals surface area contributed by atoms with E-state index in [1.807, 2.05) is 7.05 Å². The second kappa shape index (κ2) is 5.76. The first-order chi connectivity index (χ1) is 8.58. The molecule has 1 aliphatic rings. The third kappa shape index (κ3) is 3.06. The summed E-state index contributed by atoms with van der Waals surface area (Å²) >= 11 is 0. The van der Waals surface area contributed by atoms with Gasteiger partial charge in [-0.15, -0.1) is 0 Å². The average Bonchev–Trinajstić information content (AvgIpc) is 2.36. The van der Waals surface area contributed by atoms with Gasteiger partial charge < -0.3 is 5.73 Å². The predicted octanol–water partition coefficient (Wildman–Crippen LogP) is 2.67. The Hall–Kier alpha value is -1.00. The van der Waals surface area contributed by atoms with Crippen LogP contribution in [0, 0.1) is 11.6 Å². The fraction of sp³-hybridized carbons (Fsp3) is 0.571. The second-order valence-corrected chi connectivity index (χ2v) is 5.20. The highest BCUT2D eigenvalue weighted by molar-refractivity contribution is 5.18. The Bertz CT molecular complexity index is 401. The van der Waals surface area contributed by atoms with Crippen molar-refractivity contribution in [3.05, 3.63) is 35.4 Å². The normalized spacial score (nSPS) is 24.5. The smallest absolute Gasteiger partial charge is 0.163 e. The standard InChI is InChI=1S/C14H20F2N2/c1-18(12-7-5-11(17)6-8-12)9-10-3-2-4-13(15)14(10)16/h2-4,11-12H,5-9,17H2,1H3. The summed E-state index contributed by atoms with van der Waals surface area (Å²) < 4.78 is 26.7. The molecule has 1 aromatic rings. The van der Waals surface area contributed by atoms with Gasteiger partial charge in [-0.1, -0.05) is 12.1 Å². The zero-order valence-electron chi connectivity index (χ0n) is 10.7. The molecule has 0 spiro atoms. The van der Waals surface area contributed by atoms with Crippen molar-refractivity contribution < 1.29 is 8.78 Å². The molecule has 4 heteroatoms. The van der Waals surface area contributed by atoms with Crippen molar-refractivity contribution in [2.24, 2.45) is 5.73 Å². The lowest BCUT2D eigenvalue weighted by atomic mass is 9.91. The van der Waals surface area contributed by atoms with E-state index in [1.165, 1.54) is 0 Å². The number of nitrogens with two attached hydrogens (primary N) is 1. The van der Waals surface area contributed by atoms with Gasteiger partial charge in [0, 0.05) is 24.2 Å². The molecule has 100 valence electrons. The SMILES string of the molecule is CN(Cc1cccc(F)c1F)C1CCC(N)CC1. The summed E-state index contributed by atoms with van der Waals surface area (Å²) in [5.74, 6) is -1.50. The first-order valence-corrected chi connectivity index (χ1v) is 6.46. The molecule has 0 aliphatic heterocycles. The molecule has 1 fully saturated rings. The lowest BCUT2D eigenvalue weighted by Gasteiger charge is -2.33. The second-order valence-electron chi connectivity index (χ2n) is 5.20. The summed E-state index contributed by atoms with van der Waals surface area (Å²) in [7, 11) is 1.96. The van der Waals surface area contributed by atoms with Crippen molar-refractivity contribution in [3.8, 4) is 0 Å². The molecule has 1 aliphatic carbocycles. The largest absolute Gasteiger partial charge is 0.328 e. The molecule has 0 bridgehead atoms. The Balaban J connectivity index is 1.98. The maximum absolute atomic E-state index is 13.6. The lowest BCUT2D eigenvalue weighted by molar-refractivity contribution is 0.174. The van der Waals surface area contributed by atoms with Gasteiger partial charge in [-0.05, 0) is 38.8 Å². The van der Waals surface area contributed by atoms with Gasteiger partial charge in [-0.25, -0.2) is 8.78 Å². The molecule has 0 aromatic heterocycles. The molecule has 0 atom stereocenters.